The average Bonchev–Trinajstić information content (AvgIpc) is 1.87. The Morgan fingerprint density at radius 1 is 1.60 bits per heavy atom. The zero-order chi connectivity index (χ0) is 7.45. The van der Waals surface area contributed by atoms with Crippen LogP contribution in [0, 0.1) is 5.41 Å². The first-order chi connectivity index (χ1) is 4.83. The lowest BCUT2D eigenvalue weighted by Gasteiger charge is -2.40. The normalized spacial score (nSPS) is 21.7. The van der Waals surface area contributed by atoms with Crippen LogP contribution >= 0.6 is 11.8 Å². The van der Waals surface area contributed by atoms with Gasteiger partial charge in [0.2, 0.25) is 0 Å². The van der Waals surface area contributed by atoms with Gasteiger partial charge in [-0.2, -0.15) is 0 Å². The van der Waals surface area contributed by atoms with Crippen LogP contribution in [0.25, 0.3) is 0 Å². The van der Waals surface area contributed by atoms with Crippen LogP contribution in [0.1, 0.15) is 32.6 Å². The summed E-state index contributed by atoms with van der Waals surface area (Å²) in [5, 5.41) is 1.97. The maximum atomic E-state index is 3.72. The lowest BCUT2D eigenvalue weighted by atomic mass is 9.68. The van der Waals surface area contributed by atoms with Crippen molar-refractivity contribution in [2.45, 2.75) is 32.6 Å². The molecule has 0 heterocycles. The molecule has 0 aromatic rings. The van der Waals surface area contributed by atoms with Gasteiger partial charge >= 0.3 is 0 Å². The standard InChI is InChI=1S/C9H16S/c1-3-9(6-5-7-9)8-10-4-2/h4H,2-3,5-8H2,1H3. The summed E-state index contributed by atoms with van der Waals surface area (Å²) in [6.45, 7) is 6.03. The molecular weight excluding hydrogens is 140 g/mol. The molecule has 0 aliphatic heterocycles. The Labute approximate surface area is 68.1 Å². The highest BCUT2D eigenvalue weighted by atomic mass is 32.2. The molecule has 0 N–H and O–H groups in total. The Kier molecular flexibility index (Phi) is 2.84. The Balaban J connectivity index is 2.26. The van der Waals surface area contributed by atoms with Gasteiger partial charge in [0.05, 0.1) is 0 Å². The van der Waals surface area contributed by atoms with E-state index in [0.717, 1.165) is 0 Å². The van der Waals surface area contributed by atoms with Crippen molar-refractivity contribution >= 4 is 11.8 Å². The molecule has 0 nitrogen and oxygen atoms in total. The summed E-state index contributed by atoms with van der Waals surface area (Å²) >= 11 is 1.88. The molecule has 0 aromatic heterocycles. The fourth-order valence-electron chi connectivity index (χ4n) is 1.51. The first-order valence-corrected chi connectivity index (χ1v) is 5.10. The van der Waals surface area contributed by atoms with Gasteiger partial charge in [-0.05, 0) is 30.1 Å². The first kappa shape index (κ1) is 8.19. The third-order valence-electron chi connectivity index (χ3n) is 2.67. The minimum Gasteiger partial charge on any atom is -0.134 e. The summed E-state index contributed by atoms with van der Waals surface area (Å²) in [5.74, 6) is 1.30. The van der Waals surface area contributed by atoms with Crippen molar-refractivity contribution in [2.24, 2.45) is 5.41 Å². The second kappa shape index (κ2) is 3.47. The highest BCUT2D eigenvalue weighted by molar-refractivity contribution is 8.02. The van der Waals surface area contributed by atoms with Crippen LogP contribution in [0.2, 0.25) is 0 Å². The quantitative estimate of drug-likeness (QED) is 0.601. The number of hydrogen-bond acceptors (Lipinski definition) is 1. The average molecular weight is 156 g/mol. The van der Waals surface area contributed by atoms with Gasteiger partial charge in [-0.25, -0.2) is 0 Å². The maximum absolute atomic E-state index is 3.72. The van der Waals surface area contributed by atoms with Crippen molar-refractivity contribution in [2.75, 3.05) is 5.75 Å². The second-order valence-corrected chi connectivity index (χ2v) is 4.14. The molecule has 0 aromatic carbocycles. The largest absolute Gasteiger partial charge is 0.134 e. The Hall–Kier alpha value is 0.0900. The summed E-state index contributed by atoms with van der Waals surface area (Å²) in [5.41, 5.74) is 0.707. The molecular formula is C9H16S. The summed E-state index contributed by atoms with van der Waals surface area (Å²) in [6, 6.07) is 0. The molecule has 0 spiro atoms. The van der Waals surface area contributed by atoms with Gasteiger partial charge in [0.15, 0.2) is 0 Å². The van der Waals surface area contributed by atoms with Gasteiger partial charge in [0.25, 0.3) is 0 Å². The van der Waals surface area contributed by atoms with Crippen molar-refractivity contribution in [3.63, 3.8) is 0 Å². The van der Waals surface area contributed by atoms with Crippen LogP contribution in [0.15, 0.2) is 12.0 Å². The van der Waals surface area contributed by atoms with Crippen LogP contribution in [0.5, 0.6) is 0 Å². The van der Waals surface area contributed by atoms with E-state index in [4.69, 9.17) is 0 Å². The van der Waals surface area contributed by atoms with E-state index in [1.54, 1.807) is 0 Å². The zero-order valence-corrected chi connectivity index (χ0v) is 7.54. The van der Waals surface area contributed by atoms with E-state index in [9.17, 15) is 0 Å². The molecule has 0 amide bonds. The number of rotatable bonds is 4. The van der Waals surface area contributed by atoms with Crippen molar-refractivity contribution in [3.05, 3.63) is 12.0 Å². The lowest BCUT2D eigenvalue weighted by Crippen LogP contribution is -2.30. The molecule has 1 rings (SSSR count). The smallest absolute Gasteiger partial charge is 0.00304 e. The number of thioether (sulfide) groups is 1. The van der Waals surface area contributed by atoms with E-state index in [1.165, 1.54) is 31.4 Å². The van der Waals surface area contributed by atoms with Crippen molar-refractivity contribution in [1.82, 2.24) is 0 Å². The van der Waals surface area contributed by atoms with E-state index in [2.05, 4.69) is 13.5 Å². The zero-order valence-electron chi connectivity index (χ0n) is 6.73. The Morgan fingerprint density at radius 3 is 2.60 bits per heavy atom. The second-order valence-electron chi connectivity index (χ2n) is 3.18. The SMILES string of the molecule is C=CSCC1(CC)CCC1. The summed E-state index contributed by atoms with van der Waals surface area (Å²) in [4.78, 5) is 0. The van der Waals surface area contributed by atoms with Crippen molar-refractivity contribution < 1.29 is 0 Å². The molecule has 1 fully saturated rings. The summed E-state index contributed by atoms with van der Waals surface area (Å²) in [7, 11) is 0. The monoisotopic (exact) mass is 156 g/mol. The van der Waals surface area contributed by atoms with Gasteiger partial charge in [-0.3, -0.25) is 0 Å². The van der Waals surface area contributed by atoms with Crippen LogP contribution in [0.3, 0.4) is 0 Å². The van der Waals surface area contributed by atoms with Crippen molar-refractivity contribution in [1.29, 1.82) is 0 Å². The van der Waals surface area contributed by atoms with E-state index in [0.29, 0.717) is 5.41 Å². The first-order valence-electron chi connectivity index (χ1n) is 4.05. The molecule has 0 saturated heterocycles. The fourth-order valence-corrected chi connectivity index (χ4v) is 2.48. The van der Waals surface area contributed by atoms with Gasteiger partial charge in [-0.1, -0.05) is 19.9 Å². The van der Waals surface area contributed by atoms with Gasteiger partial charge < -0.3 is 0 Å². The van der Waals surface area contributed by atoms with Gasteiger partial charge in [0.1, 0.15) is 0 Å². The van der Waals surface area contributed by atoms with Crippen LogP contribution in [-0.2, 0) is 0 Å². The summed E-state index contributed by atoms with van der Waals surface area (Å²) in [6.07, 6.45) is 5.70. The lowest BCUT2D eigenvalue weighted by molar-refractivity contribution is 0.162. The van der Waals surface area contributed by atoms with Crippen LogP contribution in [0.4, 0.5) is 0 Å². The molecule has 1 aliphatic carbocycles. The van der Waals surface area contributed by atoms with Crippen LogP contribution in [-0.4, -0.2) is 5.75 Å². The molecule has 58 valence electrons. The molecule has 1 aliphatic rings. The Bertz CT molecular complexity index is 108. The minimum atomic E-state index is 0.707. The van der Waals surface area contributed by atoms with Gasteiger partial charge in [0, 0.05) is 5.75 Å². The third-order valence-corrected chi connectivity index (χ3v) is 3.69. The molecule has 0 radical (unpaired) electrons. The fraction of sp³-hybridized carbons (Fsp3) is 0.778. The predicted octanol–water partition coefficient (Wildman–Crippen LogP) is 3.44. The van der Waals surface area contributed by atoms with E-state index in [1.807, 2.05) is 17.2 Å². The molecule has 0 atom stereocenters. The van der Waals surface area contributed by atoms with Gasteiger partial charge in [-0.15, -0.1) is 11.8 Å². The highest BCUT2D eigenvalue weighted by Crippen LogP contribution is 2.45. The minimum absolute atomic E-state index is 0.707. The summed E-state index contributed by atoms with van der Waals surface area (Å²) < 4.78 is 0. The van der Waals surface area contributed by atoms with E-state index in [-0.39, 0.29) is 0 Å². The Morgan fingerprint density at radius 2 is 2.30 bits per heavy atom. The third kappa shape index (κ3) is 1.57. The predicted molar refractivity (Wildman–Crippen MR) is 49.2 cm³/mol. The number of hydrogen-bond donors (Lipinski definition) is 0. The molecule has 0 unspecified atom stereocenters. The molecule has 1 saturated carbocycles. The topological polar surface area (TPSA) is 0 Å². The molecule has 10 heavy (non-hydrogen) atoms. The maximum Gasteiger partial charge on any atom is 0.00304 e. The molecule has 1 heteroatoms. The van der Waals surface area contributed by atoms with E-state index >= 15 is 0 Å². The molecule has 0 bridgehead atoms. The highest BCUT2D eigenvalue weighted by Gasteiger charge is 2.34. The van der Waals surface area contributed by atoms with Crippen molar-refractivity contribution in [3.8, 4) is 0 Å². The van der Waals surface area contributed by atoms with Crippen LogP contribution < -0.4 is 0 Å². The van der Waals surface area contributed by atoms with E-state index < -0.39 is 0 Å².